The molecule has 1 rings (SSSR count). The smallest absolute Gasteiger partial charge is 0.00391 e. The fraction of sp³-hybridized carbons (Fsp3) is 0.429. The maximum Gasteiger partial charge on any atom is 0.00391 e. The largest absolute Gasteiger partial charge is 0.0985 e. The molecule has 0 heteroatoms. The molecule has 14 heavy (non-hydrogen) atoms. The Morgan fingerprint density at radius 3 is 2.57 bits per heavy atom. The Labute approximate surface area is 87.7 Å². The molecule has 0 bridgehead atoms. The van der Waals surface area contributed by atoms with Gasteiger partial charge in [-0.3, -0.25) is 0 Å². The molecule has 1 aliphatic rings. The molecule has 0 nitrogen and oxygen atoms in total. The van der Waals surface area contributed by atoms with Gasteiger partial charge in [0.05, 0.1) is 0 Å². The van der Waals surface area contributed by atoms with Crippen LogP contribution in [0.1, 0.15) is 33.6 Å². The van der Waals surface area contributed by atoms with E-state index in [1.165, 1.54) is 24.0 Å². The molecule has 0 fully saturated rings. The first-order valence-corrected chi connectivity index (χ1v) is 5.33. The van der Waals surface area contributed by atoms with Crippen LogP contribution in [0.25, 0.3) is 0 Å². The first-order chi connectivity index (χ1) is 6.61. The second-order valence-corrected chi connectivity index (χ2v) is 4.26. The Hall–Kier alpha value is -1.04. The maximum absolute atomic E-state index is 3.83. The molecule has 1 atom stereocenters. The second-order valence-electron chi connectivity index (χ2n) is 4.26. The highest BCUT2D eigenvalue weighted by Gasteiger charge is 2.17. The Bertz CT molecular complexity index is 302. The second kappa shape index (κ2) is 4.45. The molecule has 0 radical (unpaired) electrons. The molecule has 0 aliphatic heterocycles. The molecule has 0 spiro atoms. The van der Waals surface area contributed by atoms with Gasteiger partial charge in [0.1, 0.15) is 0 Å². The van der Waals surface area contributed by atoms with Crippen molar-refractivity contribution in [2.45, 2.75) is 33.6 Å². The molecule has 0 amide bonds. The van der Waals surface area contributed by atoms with E-state index in [9.17, 15) is 0 Å². The molecule has 0 aromatic carbocycles. The molecule has 0 saturated heterocycles. The van der Waals surface area contributed by atoms with E-state index in [2.05, 4.69) is 51.7 Å². The van der Waals surface area contributed by atoms with Gasteiger partial charge in [-0.25, -0.2) is 0 Å². The topological polar surface area (TPSA) is 0 Å². The lowest BCUT2D eigenvalue weighted by Crippen LogP contribution is -2.07. The third kappa shape index (κ3) is 2.47. The van der Waals surface area contributed by atoms with Crippen LogP contribution in [0, 0.1) is 5.41 Å². The summed E-state index contributed by atoms with van der Waals surface area (Å²) in [5, 5.41) is 0. The molecule has 0 saturated carbocycles. The van der Waals surface area contributed by atoms with Crippen molar-refractivity contribution in [3.63, 3.8) is 0 Å². The number of allylic oxidation sites excluding steroid dienone is 7. The van der Waals surface area contributed by atoms with Crippen molar-refractivity contribution >= 4 is 0 Å². The zero-order chi connectivity index (χ0) is 10.6. The minimum atomic E-state index is 0.223. The van der Waals surface area contributed by atoms with Crippen LogP contribution in [0.15, 0.2) is 48.1 Å². The average Bonchev–Trinajstić information content (AvgIpc) is 2.28. The van der Waals surface area contributed by atoms with Crippen molar-refractivity contribution < 1.29 is 0 Å². The monoisotopic (exact) mass is 188 g/mol. The van der Waals surface area contributed by atoms with E-state index < -0.39 is 0 Å². The van der Waals surface area contributed by atoms with Gasteiger partial charge in [0, 0.05) is 5.41 Å². The fourth-order valence-corrected chi connectivity index (χ4v) is 1.81. The third-order valence-corrected chi connectivity index (χ3v) is 2.82. The Kier molecular flexibility index (Phi) is 3.51. The molecular formula is C14H20. The SMILES string of the molecule is C=CC1=C(C)C=CC(C)(CCC)C=C1. The van der Waals surface area contributed by atoms with Crippen LogP contribution in [0.3, 0.4) is 0 Å². The highest BCUT2D eigenvalue weighted by atomic mass is 14.2. The van der Waals surface area contributed by atoms with Crippen LogP contribution in [0.2, 0.25) is 0 Å². The van der Waals surface area contributed by atoms with Crippen molar-refractivity contribution in [1.29, 1.82) is 0 Å². The predicted molar refractivity (Wildman–Crippen MR) is 64.2 cm³/mol. The zero-order valence-corrected chi connectivity index (χ0v) is 9.51. The Morgan fingerprint density at radius 1 is 1.36 bits per heavy atom. The van der Waals surface area contributed by atoms with E-state index in [0.717, 1.165) is 0 Å². The van der Waals surface area contributed by atoms with E-state index in [4.69, 9.17) is 0 Å². The van der Waals surface area contributed by atoms with E-state index in [0.29, 0.717) is 0 Å². The molecule has 76 valence electrons. The summed E-state index contributed by atoms with van der Waals surface area (Å²) in [7, 11) is 0. The summed E-state index contributed by atoms with van der Waals surface area (Å²) in [6.45, 7) is 10.5. The van der Waals surface area contributed by atoms with Gasteiger partial charge < -0.3 is 0 Å². The zero-order valence-electron chi connectivity index (χ0n) is 9.51. The van der Waals surface area contributed by atoms with E-state index >= 15 is 0 Å². The summed E-state index contributed by atoms with van der Waals surface area (Å²) < 4.78 is 0. The van der Waals surface area contributed by atoms with Gasteiger partial charge in [0.15, 0.2) is 0 Å². The summed E-state index contributed by atoms with van der Waals surface area (Å²) in [4.78, 5) is 0. The minimum absolute atomic E-state index is 0.223. The van der Waals surface area contributed by atoms with Gasteiger partial charge in [0.2, 0.25) is 0 Å². The van der Waals surface area contributed by atoms with Gasteiger partial charge in [-0.05, 0) is 24.5 Å². The fourth-order valence-electron chi connectivity index (χ4n) is 1.81. The predicted octanol–water partition coefficient (Wildman–Crippen LogP) is 4.42. The summed E-state index contributed by atoms with van der Waals surface area (Å²) in [5.41, 5.74) is 2.76. The quantitative estimate of drug-likeness (QED) is 0.615. The van der Waals surface area contributed by atoms with E-state index in [1.807, 2.05) is 6.08 Å². The van der Waals surface area contributed by atoms with Crippen molar-refractivity contribution in [2.75, 3.05) is 0 Å². The van der Waals surface area contributed by atoms with Crippen LogP contribution in [-0.4, -0.2) is 0 Å². The first kappa shape index (κ1) is 11.0. The first-order valence-electron chi connectivity index (χ1n) is 5.33. The van der Waals surface area contributed by atoms with Crippen molar-refractivity contribution in [3.05, 3.63) is 48.1 Å². The lowest BCUT2D eigenvalue weighted by Gasteiger charge is -2.20. The van der Waals surface area contributed by atoms with Crippen LogP contribution < -0.4 is 0 Å². The van der Waals surface area contributed by atoms with Crippen molar-refractivity contribution in [2.24, 2.45) is 5.41 Å². The van der Waals surface area contributed by atoms with Crippen LogP contribution in [-0.2, 0) is 0 Å². The maximum atomic E-state index is 3.83. The van der Waals surface area contributed by atoms with E-state index in [-0.39, 0.29) is 5.41 Å². The average molecular weight is 188 g/mol. The Balaban J connectivity index is 2.96. The Morgan fingerprint density at radius 2 is 2.00 bits per heavy atom. The molecule has 1 aliphatic carbocycles. The lowest BCUT2D eigenvalue weighted by molar-refractivity contribution is 0.492. The lowest BCUT2D eigenvalue weighted by atomic mass is 9.85. The van der Waals surface area contributed by atoms with Gasteiger partial charge >= 0.3 is 0 Å². The minimum Gasteiger partial charge on any atom is -0.0985 e. The molecule has 1 unspecified atom stereocenters. The molecular weight excluding hydrogens is 168 g/mol. The number of hydrogen-bond donors (Lipinski definition) is 0. The van der Waals surface area contributed by atoms with Gasteiger partial charge in [-0.1, -0.05) is 57.2 Å². The van der Waals surface area contributed by atoms with E-state index in [1.54, 1.807) is 0 Å². The van der Waals surface area contributed by atoms with Gasteiger partial charge in [-0.15, -0.1) is 0 Å². The third-order valence-electron chi connectivity index (χ3n) is 2.82. The van der Waals surface area contributed by atoms with Crippen LogP contribution in [0.5, 0.6) is 0 Å². The van der Waals surface area contributed by atoms with Crippen LogP contribution >= 0.6 is 0 Å². The molecule has 0 N–H and O–H groups in total. The molecule has 0 heterocycles. The summed E-state index contributed by atoms with van der Waals surface area (Å²) in [6.07, 6.45) is 13.4. The summed E-state index contributed by atoms with van der Waals surface area (Å²) in [5.74, 6) is 0. The normalized spacial score (nSPS) is 26.5. The van der Waals surface area contributed by atoms with Crippen molar-refractivity contribution in [3.8, 4) is 0 Å². The number of rotatable bonds is 3. The number of hydrogen-bond acceptors (Lipinski definition) is 0. The summed E-state index contributed by atoms with van der Waals surface area (Å²) >= 11 is 0. The highest BCUT2D eigenvalue weighted by molar-refractivity contribution is 5.42. The van der Waals surface area contributed by atoms with Gasteiger partial charge in [0.25, 0.3) is 0 Å². The molecule has 0 aromatic heterocycles. The standard InChI is InChI=1S/C14H20/c1-5-9-14(4)10-7-12(3)13(6-2)8-11-14/h6-8,10-11H,2,5,9H2,1,3-4H3. The van der Waals surface area contributed by atoms with Crippen LogP contribution in [0.4, 0.5) is 0 Å². The van der Waals surface area contributed by atoms with Gasteiger partial charge in [-0.2, -0.15) is 0 Å². The van der Waals surface area contributed by atoms with Crippen molar-refractivity contribution in [1.82, 2.24) is 0 Å². The highest BCUT2D eigenvalue weighted by Crippen LogP contribution is 2.30. The molecule has 0 aromatic rings. The summed E-state index contributed by atoms with van der Waals surface area (Å²) in [6, 6.07) is 0.